The number of rotatable bonds is 4. The summed E-state index contributed by atoms with van der Waals surface area (Å²) >= 11 is 0. The molecule has 4 nitrogen and oxygen atoms in total. The number of sulfonamides is 1. The van der Waals surface area contributed by atoms with E-state index in [0.29, 0.717) is 5.69 Å². The van der Waals surface area contributed by atoms with E-state index < -0.39 is 10.0 Å². The van der Waals surface area contributed by atoms with E-state index in [4.69, 9.17) is 5.73 Å². The Bertz CT molecular complexity index is 420. The van der Waals surface area contributed by atoms with Gasteiger partial charge in [-0.3, -0.25) is 4.72 Å². The number of anilines is 1. The van der Waals surface area contributed by atoms with Gasteiger partial charge in [0.1, 0.15) is 0 Å². The molecule has 0 fully saturated rings. The highest BCUT2D eigenvalue weighted by Gasteiger charge is 2.11. The number of para-hydroxylation sites is 1. The van der Waals surface area contributed by atoms with Crippen molar-refractivity contribution in [2.75, 3.05) is 17.0 Å². The maximum atomic E-state index is 11.5. The van der Waals surface area contributed by atoms with Gasteiger partial charge in [-0.15, -0.1) is 0 Å². The standard InChI is InChI=1S/C10H16N2O2S/c1-8-4-3-5-9(2)10(8)12-15(13,14)7-6-11/h3-5,12H,6-7,11H2,1-2H3. The van der Waals surface area contributed by atoms with Crippen LogP contribution in [0.25, 0.3) is 0 Å². The number of benzene rings is 1. The summed E-state index contributed by atoms with van der Waals surface area (Å²) in [5.74, 6) is -0.0548. The van der Waals surface area contributed by atoms with Crippen molar-refractivity contribution in [2.24, 2.45) is 5.73 Å². The minimum atomic E-state index is -3.30. The average Bonchev–Trinajstić information content (AvgIpc) is 2.11. The predicted molar refractivity (Wildman–Crippen MR) is 62.4 cm³/mol. The fraction of sp³-hybridized carbons (Fsp3) is 0.400. The highest BCUT2D eigenvalue weighted by molar-refractivity contribution is 7.92. The molecule has 0 amide bonds. The topological polar surface area (TPSA) is 72.2 Å². The van der Waals surface area contributed by atoms with Crippen LogP contribution in [-0.4, -0.2) is 20.7 Å². The second kappa shape index (κ2) is 4.63. The predicted octanol–water partition coefficient (Wildman–Crippen LogP) is 1.00. The summed E-state index contributed by atoms with van der Waals surface area (Å²) in [7, 11) is -3.30. The molecule has 0 spiro atoms. The molecule has 1 aromatic carbocycles. The van der Waals surface area contributed by atoms with Crippen molar-refractivity contribution >= 4 is 15.7 Å². The Kier molecular flexibility index (Phi) is 3.71. The van der Waals surface area contributed by atoms with Crippen molar-refractivity contribution in [1.82, 2.24) is 0 Å². The monoisotopic (exact) mass is 228 g/mol. The summed E-state index contributed by atoms with van der Waals surface area (Å²) in [5, 5.41) is 0. The Balaban J connectivity index is 2.99. The van der Waals surface area contributed by atoms with E-state index in [1.54, 1.807) is 0 Å². The van der Waals surface area contributed by atoms with Gasteiger partial charge < -0.3 is 5.73 Å². The minimum Gasteiger partial charge on any atom is -0.329 e. The summed E-state index contributed by atoms with van der Waals surface area (Å²) in [5.41, 5.74) is 7.71. The lowest BCUT2D eigenvalue weighted by Gasteiger charge is -2.12. The summed E-state index contributed by atoms with van der Waals surface area (Å²) in [6, 6.07) is 5.63. The van der Waals surface area contributed by atoms with E-state index >= 15 is 0 Å². The van der Waals surface area contributed by atoms with Crippen molar-refractivity contribution in [1.29, 1.82) is 0 Å². The minimum absolute atomic E-state index is 0.0548. The molecule has 1 aromatic rings. The highest BCUT2D eigenvalue weighted by Crippen LogP contribution is 2.20. The maximum Gasteiger partial charge on any atom is 0.233 e. The fourth-order valence-electron chi connectivity index (χ4n) is 1.34. The zero-order chi connectivity index (χ0) is 11.5. The van der Waals surface area contributed by atoms with Crippen molar-refractivity contribution in [2.45, 2.75) is 13.8 Å². The Morgan fingerprint density at radius 1 is 1.27 bits per heavy atom. The maximum absolute atomic E-state index is 11.5. The van der Waals surface area contributed by atoms with Gasteiger partial charge in [0.05, 0.1) is 11.4 Å². The lowest BCUT2D eigenvalue weighted by molar-refractivity contribution is 0.601. The molecular weight excluding hydrogens is 212 g/mol. The molecule has 15 heavy (non-hydrogen) atoms. The summed E-state index contributed by atoms with van der Waals surface area (Å²) in [6.07, 6.45) is 0. The lowest BCUT2D eigenvalue weighted by Crippen LogP contribution is -2.23. The molecule has 0 aliphatic rings. The van der Waals surface area contributed by atoms with Crippen molar-refractivity contribution in [3.8, 4) is 0 Å². The van der Waals surface area contributed by atoms with E-state index in [-0.39, 0.29) is 12.3 Å². The van der Waals surface area contributed by atoms with Gasteiger partial charge in [0.15, 0.2) is 0 Å². The van der Waals surface area contributed by atoms with E-state index in [1.165, 1.54) is 0 Å². The molecule has 0 aromatic heterocycles. The zero-order valence-corrected chi connectivity index (χ0v) is 9.76. The smallest absolute Gasteiger partial charge is 0.233 e. The molecule has 5 heteroatoms. The Hall–Kier alpha value is -1.07. The fourth-order valence-corrected chi connectivity index (χ4v) is 2.38. The third kappa shape index (κ3) is 3.21. The first-order chi connectivity index (χ1) is 6.96. The van der Waals surface area contributed by atoms with Gasteiger partial charge in [-0.25, -0.2) is 8.42 Å². The van der Waals surface area contributed by atoms with Gasteiger partial charge in [0.25, 0.3) is 0 Å². The molecule has 84 valence electrons. The third-order valence-corrected chi connectivity index (χ3v) is 3.41. The van der Waals surface area contributed by atoms with Crippen molar-refractivity contribution < 1.29 is 8.42 Å². The summed E-state index contributed by atoms with van der Waals surface area (Å²) in [6.45, 7) is 3.86. The summed E-state index contributed by atoms with van der Waals surface area (Å²) < 4.78 is 25.6. The van der Waals surface area contributed by atoms with E-state index in [1.807, 2.05) is 32.0 Å². The molecule has 0 aliphatic heterocycles. The third-order valence-electron chi connectivity index (χ3n) is 2.13. The van der Waals surface area contributed by atoms with Crippen LogP contribution in [0, 0.1) is 13.8 Å². The van der Waals surface area contributed by atoms with Gasteiger partial charge >= 0.3 is 0 Å². The molecule has 0 aliphatic carbocycles. The van der Waals surface area contributed by atoms with Gasteiger partial charge in [-0.1, -0.05) is 18.2 Å². The molecule has 0 atom stereocenters. The van der Waals surface area contributed by atoms with Crippen LogP contribution in [0.4, 0.5) is 5.69 Å². The zero-order valence-electron chi connectivity index (χ0n) is 8.95. The van der Waals surface area contributed by atoms with Crippen LogP contribution < -0.4 is 10.5 Å². The Morgan fingerprint density at radius 2 is 1.80 bits per heavy atom. The highest BCUT2D eigenvalue weighted by atomic mass is 32.2. The van der Waals surface area contributed by atoms with Crippen LogP contribution in [0.1, 0.15) is 11.1 Å². The molecule has 0 radical (unpaired) electrons. The first kappa shape index (κ1) is 12.0. The van der Waals surface area contributed by atoms with Crippen LogP contribution in [0.15, 0.2) is 18.2 Å². The van der Waals surface area contributed by atoms with Crippen LogP contribution in [0.5, 0.6) is 0 Å². The molecular formula is C10H16N2O2S. The molecule has 0 heterocycles. The summed E-state index contributed by atoms with van der Waals surface area (Å²) in [4.78, 5) is 0. The molecule has 3 N–H and O–H groups in total. The van der Waals surface area contributed by atoms with Gasteiger partial charge in [0, 0.05) is 6.54 Å². The number of nitrogens with two attached hydrogens (primary N) is 1. The van der Waals surface area contributed by atoms with Crippen LogP contribution in [0.2, 0.25) is 0 Å². The first-order valence-corrected chi connectivity index (χ1v) is 6.38. The van der Waals surface area contributed by atoms with E-state index in [0.717, 1.165) is 11.1 Å². The lowest BCUT2D eigenvalue weighted by atomic mass is 10.1. The molecule has 1 rings (SSSR count). The first-order valence-electron chi connectivity index (χ1n) is 4.73. The van der Waals surface area contributed by atoms with Crippen LogP contribution in [0.3, 0.4) is 0 Å². The van der Waals surface area contributed by atoms with Gasteiger partial charge in [-0.05, 0) is 25.0 Å². The number of nitrogens with one attached hydrogen (secondary N) is 1. The Morgan fingerprint density at radius 3 is 2.27 bits per heavy atom. The van der Waals surface area contributed by atoms with Gasteiger partial charge in [0.2, 0.25) is 10.0 Å². The van der Waals surface area contributed by atoms with E-state index in [2.05, 4.69) is 4.72 Å². The van der Waals surface area contributed by atoms with Crippen LogP contribution >= 0.6 is 0 Å². The second-order valence-electron chi connectivity index (χ2n) is 3.48. The quantitative estimate of drug-likeness (QED) is 0.807. The molecule has 0 saturated carbocycles. The molecule has 0 saturated heterocycles. The van der Waals surface area contributed by atoms with Gasteiger partial charge in [-0.2, -0.15) is 0 Å². The van der Waals surface area contributed by atoms with E-state index in [9.17, 15) is 8.42 Å². The van der Waals surface area contributed by atoms with Crippen LogP contribution in [-0.2, 0) is 10.0 Å². The number of hydrogen-bond donors (Lipinski definition) is 2. The number of hydrogen-bond acceptors (Lipinski definition) is 3. The van der Waals surface area contributed by atoms with Crippen molar-refractivity contribution in [3.05, 3.63) is 29.3 Å². The number of aryl methyl sites for hydroxylation is 2. The normalized spacial score (nSPS) is 11.4. The molecule has 0 unspecified atom stereocenters. The second-order valence-corrected chi connectivity index (χ2v) is 5.32. The largest absolute Gasteiger partial charge is 0.329 e. The van der Waals surface area contributed by atoms with Crippen molar-refractivity contribution in [3.63, 3.8) is 0 Å². The molecule has 0 bridgehead atoms. The average molecular weight is 228 g/mol. The SMILES string of the molecule is Cc1cccc(C)c1NS(=O)(=O)CCN. The Labute approximate surface area is 90.5 Å².